The van der Waals surface area contributed by atoms with E-state index in [1.165, 1.54) is 19.6 Å². The Hall–Kier alpha value is -2.96. The molecule has 9 nitrogen and oxygen atoms in total. The molecular formula is C34H44N4O5S2. The lowest BCUT2D eigenvalue weighted by Gasteiger charge is -2.38. The van der Waals surface area contributed by atoms with Crippen molar-refractivity contribution in [1.82, 2.24) is 14.7 Å². The van der Waals surface area contributed by atoms with Crippen LogP contribution in [0.15, 0.2) is 47.4 Å². The minimum absolute atomic E-state index is 0.0556. The first kappa shape index (κ1) is 32.0. The molecule has 3 aliphatic heterocycles. The molecule has 1 unspecified atom stereocenters. The molecule has 242 valence electrons. The summed E-state index contributed by atoms with van der Waals surface area (Å²) in [6, 6.07) is 13.0. The number of carbonyl (C=O) groups excluding carboxylic acids is 1. The lowest BCUT2D eigenvalue weighted by atomic mass is 9.98. The monoisotopic (exact) mass is 652 g/mol. The van der Waals surface area contributed by atoms with Crippen molar-refractivity contribution in [3.63, 3.8) is 0 Å². The number of aryl methyl sites for hydroxylation is 3. The Morgan fingerprint density at radius 1 is 0.978 bits per heavy atom. The zero-order valence-electron chi connectivity index (χ0n) is 26.8. The predicted molar refractivity (Wildman–Crippen MR) is 178 cm³/mol. The van der Waals surface area contributed by atoms with Crippen LogP contribution in [0.4, 0.5) is 5.69 Å². The molecule has 0 bridgehead atoms. The van der Waals surface area contributed by atoms with Crippen LogP contribution in [0.3, 0.4) is 0 Å². The lowest BCUT2D eigenvalue weighted by Crippen LogP contribution is -2.47. The van der Waals surface area contributed by atoms with E-state index in [1.807, 2.05) is 40.5 Å². The summed E-state index contributed by atoms with van der Waals surface area (Å²) in [7, 11) is -0.178. The van der Waals surface area contributed by atoms with Gasteiger partial charge in [0.1, 0.15) is 12.4 Å². The Balaban J connectivity index is 1.12. The number of likely N-dealkylation sites (N-methyl/N-ethyl adjacent to an activating group) is 1. The average Bonchev–Trinajstić information content (AvgIpc) is 3.42. The van der Waals surface area contributed by atoms with Crippen LogP contribution in [0.1, 0.15) is 38.4 Å². The van der Waals surface area contributed by atoms with Gasteiger partial charge in [0.25, 0.3) is 10.0 Å². The van der Waals surface area contributed by atoms with Gasteiger partial charge in [-0.1, -0.05) is 18.2 Å². The highest BCUT2D eigenvalue weighted by Gasteiger charge is 2.38. The SMILES string of the molecule is COc1cc(C)c(S(=O)(=O)N2c3ccccc3CCC2COCC(=O)N2CCc3sc(CN4CCN(C)CC4)cc3C2)c(C)c1. The van der Waals surface area contributed by atoms with Crippen molar-refractivity contribution in [2.24, 2.45) is 0 Å². The van der Waals surface area contributed by atoms with Crippen LogP contribution in [0, 0.1) is 13.8 Å². The summed E-state index contributed by atoms with van der Waals surface area (Å²) >= 11 is 1.89. The standard InChI is InChI=1S/C34H44N4O5S2/c1-24-17-29(42-4)18-25(2)34(24)45(40,41)38-28(10-9-26-7-5-6-8-31(26)38)22-43-23-33(39)37-12-11-32-27(20-37)19-30(44-32)21-36-15-13-35(3)14-16-36/h5-8,17-19,28H,9-16,20-23H2,1-4H3. The molecule has 0 radical (unpaired) electrons. The van der Waals surface area contributed by atoms with Gasteiger partial charge in [0, 0.05) is 55.6 Å². The predicted octanol–water partition coefficient (Wildman–Crippen LogP) is 4.23. The second-order valence-corrected chi connectivity index (χ2v) is 15.5. The lowest BCUT2D eigenvalue weighted by molar-refractivity contribution is -0.137. The fourth-order valence-electron chi connectivity index (χ4n) is 6.87. The second-order valence-electron chi connectivity index (χ2n) is 12.5. The quantitative estimate of drug-likeness (QED) is 0.342. The van der Waals surface area contributed by atoms with Crippen LogP contribution >= 0.6 is 11.3 Å². The van der Waals surface area contributed by atoms with Gasteiger partial charge in [0.2, 0.25) is 5.91 Å². The first-order chi connectivity index (χ1) is 21.6. The number of fused-ring (bicyclic) bond motifs is 2. The van der Waals surface area contributed by atoms with Crippen LogP contribution in [-0.2, 0) is 45.5 Å². The Morgan fingerprint density at radius 3 is 2.44 bits per heavy atom. The fraction of sp³-hybridized carbons (Fsp3) is 0.500. The van der Waals surface area contributed by atoms with Crippen LogP contribution in [0.25, 0.3) is 0 Å². The Kier molecular flexibility index (Phi) is 9.54. The molecule has 45 heavy (non-hydrogen) atoms. The van der Waals surface area contributed by atoms with E-state index in [0.717, 1.165) is 51.1 Å². The molecule has 1 fully saturated rings. The third-order valence-corrected chi connectivity index (χ3v) is 12.7. The zero-order chi connectivity index (χ0) is 31.7. The van der Waals surface area contributed by atoms with E-state index < -0.39 is 16.1 Å². The van der Waals surface area contributed by atoms with Crippen molar-refractivity contribution in [3.05, 3.63) is 74.5 Å². The van der Waals surface area contributed by atoms with Gasteiger partial charge in [0.15, 0.2) is 0 Å². The number of benzene rings is 2. The van der Waals surface area contributed by atoms with Crippen molar-refractivity contribution < 1.29 is 22.7 Å². The minimum Gasteiger partial charge on any atom is -0.497 e. The van der Waals surface area contributed by atoms with E-state index in [9.17, 15) is 13.2 Å². The molecule has 2 aromatic carbocycles. The maximum Gasteiger partial charge on any atom is 0.265 e. The van der Waals surface area contributed by atoms with Crippen LogP contribution in [0.2, 0.25) is 0 Å². The fourth-order valence-corrected chi connectivity index (χ4v) is 10.2. The number of rotatable bonds is 9. The van der Waals surface area contributed by atoms with Gasteiger partial charge < -0.3 is 19.3 Å². The van der Waals surface area contributed by atoms with Gasteiger partial charge in [-0.15, -0.1) is 11.3 Å². The number of thiophene rings is 1. The summed E-state index contributed by atoms with van der Waals surface area (Å²) in [4.78, 5) is 23.1. The van der Waals surface area contributed by atoms with Crippen molar-refractivity contribution >= 4 is 33.0 Å². The maximum atomic E-state index is 14.4. The molecule has 4 heterocycles. The number of hydrogen-bond acceptors (Lipinski definition) is 8. The average molecular weight is 653 g/mol. The molecule has 0 N–H and O–H groups in total. The van der Waals surface area contributed by atoms with Gasteiger partial charge in [-0.2, -0.15) is 0 Å². The number of anilines is 1. The molecule has 0 saturated carbocycles. The summed E-state index contributed by atoms with van der Waals surface area (Å²) in [5.41, 5.74) is 4.18. The number of amides is 1. The molecule has 1 saturated heterocycles. The van der Waals surface area contributed by atoms with Crippen LogP contribution in [-0.4, -0.2) is 95.2 Å². The van der Waals surface area contributed by atoms with Crippen molar-refractivity contribution in [1.29, 1.82) is 0 Å². The van der Waals surface area contributed by atoms with E-state index in [2.05, 4.69) is 22.9 Å². The number of piperazine rings is 1. The third kappa shape index (κ3) is 6.78. The number of nitrogens with zero attached hydrogens (tertiary/aromatic N) is 4. The van der Waals surface area contributed by atoms with Crippen molar-refractivity contribution in [3.8, 4) is 5.75 Å². The highest BCUT2D eigenvalue weighted by molar-refractivity contribution is 7.93. The largest absolute Gasteiger partial charge is 0.497 e. The first-order valence-electron chi connectivity index (χ1n) is 15.8. The molecule has 3 aliphatic rings. The van der Waals surface area contributed by atoms with Gasteiger partial charge in [0.05, 0.1) is 30.3 Å². The number of sulfonamides is 1. The topological polar surface area (TPSA) is 82.6 Å². The molecule has 1 aromatic heterocycles. The van der Waals surface area contributed by atoms with Gasteiger partial charge >= 0.3 is 0 Å². The number of ether oxygens (including phenoxy) is 2. The smallest absolute Gasteiger partial charge is 0.265 e. The van der Waals surface area contributed by atoms with Crippen LogP contribution < -0.4 is 9.04 Å². The van der Waals surface area contributed by atoms with Crippen molar-refractivity contribution in [2.75, 3.05) is 64.4 Å². The van der Waals surface area contributed by atoms with Crippen molar-refractivity contribution in [2.45, 2.75) is 57.1 Å². The summed E-state index contributed by atoms with van der Waals surface area (Å²) in [5, 5.41) is 0. The molecule has 11 heteroatoms. The normalized spacial score (nSPS) is 19.3. The third-order valence-electron chi connectivity index (χ3n) is 9.28. The summed E-state index contributed by atoms with van der Waals surface area (Å²) in [6.07, 6.45) is 2.21. The van der Waals surface area contributed by atoms with Gasteiger partial charge in [-0.05, 0) is 86.7 Å². The van der Waals surface area contributed by atoms with E-state index in [4.69, 9.17) is 9.47 Å². The summed E-state index contributed by atoms with van der Waals surface area (Å²) in [5.74, 6) is 0.569. The van der Waals surface area contributed by atoms with Gasteiger partial charge in [-0.3, -0.25) is 14.0 Å². The zero-order valence-corrected chi connectivity index (χ0v) is 28.4. The molecular weight excluding hydrogens is 609 g/mol. The highest BCUT2D eigenvalue weighted by Crippen LogP contribution is 2.38. The maximum absolute atomic E-state index is 14.4. The van der Waals surface area contributed by atoms with E-state index in [1.54, 1.807) is 33.1 Å². The number of carbonyl (C=O) groups is 1. The molecule has 1 atom stereocenters. The van der Waals surface area contributed by atoms with E-state index >= 15 is 0 Å². The van der Waals surface area contributed by atoms with Crippen LogP contribution in [0.5, 0.6) is 5.75 Å². The van der Waals surface area contributed by atoms with Gasteiger partial charge in [-0.25, -0.2) is 8.42 Å². The molecule has 0 spiro atoms. The van der Waals surface area contributed by atoms with E-state index in [-0.39, 0.29) is 24.0 Å². The first-order valence-corrected chi connectivity index (χ1v) is 18.0. The molecule has 6 rings (SSSR count). The summed E-state index contributed by atoms with van der Waals surface area (Å²) < 4.78 is 41.7. The Bertz CT molecular complexity index is 1620. The Morgan fingerprint density at radius 2 is 1.71 bits per heavy atom. The number of para-hydroxylation sites is 1. The molecule has 1 amide bonds. The van der Waals surface area contributed by atoms with E-state index in [0.29, 0.717) is 42.1 Å². The molecule has 3 aromatic rings. The number of hydrogen-bond donors (Lipinski definition) is 0. The highest BCUT2D eigenvalue weighted by atomic mass is 32.2. The minimum atomic E-state index is -3.93. The molecule has 0 aliphatic carbocycles. The second kappa shape index (κ2) is 13.4. The Labute approximate surface area is 271 Å². The summed E-state index contributed by atoms with van der Waals surface area (Å²) in [6.45, 7) is 10.3. The number of methoxy groups -OCH3 is 1.